The van der Waals surface area contributed by atoms with E-state index in [0.717, 1.165) is 13.1 Å². The van der Waals surface area contributed by atoms with Gasteiger partial charge in [0.1, 0.15) is 19.0 Å². The Bertz CT molecular complexity index is 592. The van der Waals surface area contributed by atoms with E-state index in [0.29, 0.717) is 31.3 Å². The molecule has 0 aliphatic carbocycles. The summed E-state index contributed by atoms with van der Waals surface area (Å²) in [6, 6.07) is 10.6. The summed E-state index contributed by atoms with van der Waals surface area (Å²) in [7, 11) is 0. The van der Waals surface area contributed by atoms with E-state index in [1.165, 1.54) is 31.2 Å². The molecule has 2 aliphatic rings. The molecule has 1 atom stereocenters. The van der Waals surface area contributed by atoms with Crippen molar-refractivity contribution in [3.63, 3.8) is 0 Å². The smallest absolute Gasteiger partial charge is 0.290 e. The Balaban J connectivity index is 1.70. The monoisotopic (exact) mass is 344 g/mol. The fraction of sp³-hybridized carbons (Fsp3) is 0.550. The maximum atomic E-state index is 12.5. The third kappa shape index (κ3) is 4.75. The van der Waals surface area contributed by atoms with Gasteiger partial charge in [-0.1, -0.05) is 43.2 Å². The molecule has 1 N–H and O–H groups in total. The highest BCUT2D eigenvalue weighted by atomic mass is 16.6. The highest BCUT2D eigenvalue weighted by Gasteiger charge is 2.24. The van der Waals surface area contributed by atoms with Crippen molar-refractivity contribution in [3.05, 3.63) is 47.4 Å². The molecule has 5 heteroatoms. The molecule has 1 unspecified atom stereocenters. The van der Waals surface area contributed by atoms with Crippen molar-refractivity contribution < 1.29 is 14.3 Å². The lowest BCUT2D eigenvalue weighted by molar-refractivity contribution is -0.123. The molecule has 0 bridgehead atoms. The molecular weight excluding hydrogens is 316 g/mol. The summed E-state index contributed by atoms with van der Waals surface area (Å²) in [4.78, 5) is 15.0. The van der Waals surface area contributed by atoms with Gasteiger partial charge in [-0.3, -0.25) is 9.69 Å². The van der Waals surface area contributed by atoms with E-state index in [9.17, 15) is 4.79 Å². The van der Waals surface area contributed by atoms with Crippen molar-refractivity contribution in [3.8, 4) is 0 Å². The number of carbonyl (C=O) groups excluding carboxylic acids is 1. The number of hydrogen-bond donors (Lipinski definition) is 1. The second kappa shape index (κ2) is 8.90. The van der Waals surface area contributed by atoms with Crippen LogP contribution in [-0.2, 0) is 14.3 Å². The Hall–Kier alpha value is -2.01. The summed E-state index contributed by atoms with van der Waals surface area (Å²) in [5.74, 6) is 0.691. The van der Waals surface area contributed by atoms with Crippen molar-refractivity contribution in [1.82, 2.24) is 10.2 Å². The van der Waals surface area contributed by atoms with Gasteiger partial charge in [0.15, 0.2) is 0 Å². The van der Waals surface area contributed by atoms with E-state index in [4.69, 9.17) is 9.47 Å². The minimum Gasteiger partial charge on any atom is -0.491 e. The van der Waals surface area contributed by atoms with Crippen molar-refractivity contribution in [2.75, 3.05) is 32.8 Å². The summed E-state index contributed by atoms with van der Waals surface area (Å²) in [6.45, 7) is 5.44. The lowest BCUT2D eigenvalue weighted by Crippen LogP contribution is -2.40. The number of likely N-dealkylation sites (tertiary alicyclic amines) is 1. The molecular formula is C20H28N2O3. The zero-order valence-electron chi connectivity index (χ0n) is 15.0. The Labute approximate surface area is 150 Å². The van der Waals surface area contributed by atoms with Gasteiger partial charge in [-0.2, -0.15) is 0 Å². The number of hydrogen-bond acceptors (Lipinski definition) is 4. The molecule has 1 amide bonds. The van der Waals surface area contributed by atoms with Crippen LogP contribution in [0, 0.1) is 0 Å². The molecule has 2 heterocycles. The summed E-state index contributed by atoms with van der Waals surface area (Å²) >= 11 is 0. The standard InChI is InChI=1S/C20H28N2O3/c1-16-19(25-14-13-24-16)20(23)21-15-18(17-9-5-4-6-10-17)22-11-7-2-3-8-12-22/h4-6,9-10,18H,2-3,7-8,11-15H2,1H3,(H,21,23). The third-order valence-electron chi connectivity index (χ3n) is 4.90. The minimum absolute atomic E-state index is 0.187. The number of benzene rings is 1. The number of allylic oxidation sites excluding steroid dienone is 1. The van der Waals surface area contributed by atoms with Gasteiger partial charge >= 0.3 is 0 Å². The molecule has 3 rings (SSSR count). The number of nitrogens with zero attached hydrogens (tertiary/aromatic N) is 1. The molecule has 1 aromatic carbocycles. The summed E-state index contributed by atoms with van der Waals surface area (Å²) < 4.78 is 10.9. The van der Waals surface area contributed by atoms with Gasteiger partial charge in [-0.15, -0.1) is 0 Å². The average molecular weight is 344 g/mol. The highest BCUT2D eigenvalue weighted by Crippen LogP contribution is 2.24. The number of ether oxygens (including phenoxy) is 2. The van der Waals surface area contributed by atoms with Crippen molar-refractivity contribution >= 4 is 5.91 Å². The number of nitrogens with one attached hydrogen (secondary N) is 1. The van der Waals surface area contributed by atoms with E-state index >= 15 is 0 Å². The lowest BCUT2D eigenvalue weighted by Gasteiger charge is -2.31. The highest BCUT2D eigenvalue weighted by molar-refractivity contribution is 5.91. The van der Waals surface area contributed by atoms with Crippen molar-refractivity contribution in [1.29, 1.82) is 0 Å². The molecule has 1 saturated heterocycles. The van der Waals surface area contributed by atoms with Crippen LogP contribution in [0.15, 0.2) is 41.9 Å². The van der Waals surface area contributed by atoms with E-state index in [1.807, 2.05) is 6.07 Å². The van der Waals surface area contributed by atoms with E-state index in [-0.39, 0.29) is 11.9 Å². The van der Waals surface area contributed by atoms with Gasteiger partial charge < -0.3 is 14.8 Å². The van der Waals surface area contributed by atoms with Crippen LogP contribution in [0.1, 0.15) is 44.2 Å². The first-order chi connectivity index (χ1) is 12.3. The molecule has 5 nitrogen and oxygen atoms in total. The van der Waals surface area contributed by atoms with Crippen LogP contribution in [-0.4, -0.2) is 43.7 Å². The molecule has 1 fully saturated rings. The number of carbonyl (C=O) groups is 1. The molecule has 0 spiro atoms. The van der Waals surface area contributed by atoms with Crippen molar-refractivity contribution in [2.24, 2.45) is 0 Å². The molecule has 2 aliphatic heterocycles. The zero-order chi connectivity index (χ0) is 17.5. The predicted octanol–water partition coefficient (Wildman–Crippen LogP) is 3.00. The van der Waals surface area contributed by atoms with Crippen LogP contribution in [0.3, 0.4) is 0 Å². The zero-order valence-corrected chi connectivity index (χ0v) is 15.0. The van der Waals surface area contributed by atoms with Gasteiger partial charge in [0.25, 0.3) is 5.91 Å². The third-order valence-corrected chi connectivity index (χ3v) is 4.90. The molecule has 1 aromatic rings. The SMILES string of the molecule is CC1=C(C(=O)NCC(c2ccccc2)N2CCCCCC2)OCCO1. The summed E-state index contributed by atoms with van der Waals surface area (Å²) in [5.41, 5.74) is 1.25. The Morgan fingerprint density at radius 2 is 1.76 bits per heavy atom. The van der Waals surface area contributed by atoms with Crippen LogP contribution < -0.4 is 5.32 Å². The minimum atomic E-state index is -0.187. The fourth-order valence-corrected chi connectivity index (χ4v) is 3.54. The molecule has 25 heavy (non-hydrogen) atoms. The van der Waals surface area contributed by atoms with Crippen LogP contribution in [0.4, 0.5) is 0 Å². The first kappa shape index (κ1) is 17.8. The van der Waals surface area contributed by atoms with E-state index in [2.05, 4.69) is 34.5 Å². The van der Waals surface area contributed by atoms with Gasteiger partial charge in [0.2, 0.25) is 5.76 Å². The van der Waals surface area contributed by atoms with E-state index < -0.39 is 0 Å². The average Bonchev–Trinajstić information content (AvgIpc) is 2.92. The van der Waals surface area contributed by atoms with Crippen LogP contribution in [0.2, 0.25) is 0 Å². The van der Waals surface area contributed by atoms with E-state index in [1.54, 1.807) is 6.92 Å². The van der Waals surface area contributed by atoms with Crippen LogP contribution in [0.25, 0.3) is 0 Å². The molecule has 0 aromatic heterocycles. The quantitative estimate of drug-likeness (QED) is 0.892. The Kier molecular flexibility index (Phi) is 6.34. The predicted molar refractivity (Wildman–Crippen MR) is 96.8 cm³/mol. The fourth-order valence-electron chi connectivity index (χ4n) is 3.54. The molecule has 0 saturated carbocycles. The topological polar surface area (TPSA) is 50.8 Å². The summed E-state index contributed by atoms with van der Waals surface area (Å²) in [5, 5.41) is 3.06. The Morgan fingerprint density at radius 1 is 1.08 bits per heavy atom. The largest absolute Gasteiger partial charge is 0.491 e. The summed E-state index contributed by atoms with van der Waals surface area (Å²) in [6.07, 6.45) is 5.03. The normalized spacial score (nSPS) is 20.2. The Morgan fingerprint density at radius 3 is 2.44 bits per heavy atom. The number of amides is 1. The van der Waals surface area contributed by atoms with Gasteiger partial charge in [0, 0.05) is 6.54 Å². The first-order valence-electron chi connectivity index (χ1n) is 9.29. The van der Waals surface area contributed by atoms with Gasteiger partial charge in [-0.25, -0.2) is 0 Å². The maximum absolute atomic E-state index is 12.5. The molecule has 0 radical (unpaired) electrons. The van der Waals surface area contributed by atoms with Crippen LogP contribution >= 0.6 is 0 Å². The second-order valence-electron chi connectivity index (χ2n) is 6.67. The lowest BCUT2D eigenvalue weighted by atomic mass is 10.0. The maximum Gasteiger partial charge on any atom is 0.290 e. The second-order valence-corrected chi connectivity index (χ2v) is 6.67. The number of rotatable bonds is 5. The molecule has 136 valence electrons. The van der Waals surface area contributed by atoms with Crippen LogP contribution in [0.5, 0.6) is 0 Å². The first-order valence-corrected chi connectivity index (χ1v) is 9.29. The van der Waals surface area contributed by atoms with Crippen molar-refractivity contribution in [2.45, 2.75) is 38.6 Å². The van der Waals surface area contributed by atoms with Gasteiger partial charge in [-0.05, 0) is 38.4 Å². The van der Waals surface area contributed by atoms with Gasteiger partial charge in [0.05, 0.1) is 6.04 Å².